The molecule has 1 heterocycles. The number of amides is 1. The molecule has 0 bridgehead atoms. The number of rotatable bonds is 2. The highest BCUT2D eigenvalue weighted by molar-refractivity contribution is 6.11. The second-order valence-electron chi connectivity index (χ2n) is 4.19. The molecule has 0 aliphatic heterocycles. The molecular formula is C14H12N4O. The predicted octanol–water partition coefficient (Wildman–Crippen LogP) is 2.40. The van der Waals surface area contributed by atoms with Crippen LogP contribution in [0, 0.1) is 0 Å². The molecule has 4 N–H and O–H groups in total. The zero-order valence-corrected chi connectivity index (χ0v) is 10.1. The number of nitrogens with two attached hydrogens (primary N) is 1. The van der Waals surface area contributed by atoms with E-state index in [-0.39, 0.29) is 5.91 Å². The lowest BCUT2D eigenvalue weighted by Crippen LogP contribution is -2.12. The predicted molar refractivity (Wildman–Crippen MR) is 74.9 cm³/mol. The van der Waals surface area contributed by atoms with Crippen molar-refractivity contribution in [1.29, 1.82) is 0 Å². The second-order valence-corrected chi connectivity index (χ2v) is 4.19. The molecule has 94 valence electrons. The van der Waals surface area contributed by atoms with Crippen LogP contribution < -0.4 is 11.1 Å². The highest BCUT2D eigenvalue weighted by Gasteiger charge is 2.13. The fourth-order valence-corrected chi connectivity index (χ4v) is 1.89. The molecule has 0 atom stereocenters. The van der Waals surface area contributed by atoms with Gasteiger partial charge in [0.25, 0.3) is 5.91 Å². The van der Waals surface area contributed by atoms with Crippen LogP contribution in [0.15, 0.2) is 48.5 Å². The Morgan fingerprint density at radius 2 is 1.84 bits per heavy atom. The number of H-pyrrole nitrogens is 1. The van der Waals surface area contributed by atoms with E-state index in [1.165, 1.54) is 0 Å². The van der Waals surface area contributed by atoms with Gasteiger partial charge in [-0.05, 0) is 30.3 Å². The largest absolute Gasteiger partial charge is 0.399 e. The summed E-state index contributed by atoms with van der Waals surface area (Å²) < 4.78 is 0. The van der Waals surface area contributed by atoms with Gasteiger partial charge in [-0.2, -0.15) is 5.10 Å². The second kappa shape index (κ2) is 4.45. The van der Waals surface area contributed by atoms with Crippen molar-refractivity contribution in [3.8, 4) is 0 Å². The van der Waals surface area contributed by atoms with Crippen LogP contribution in [-0.4, -0.2) is 16.1 Å². The Morgan fingerprint density at radius 1 is 1.11 bits per heavy atom. The summed E-state index contributed by atoms with van der Waals surface area (Å²) in [6, 6.07) is 14.5. The monoisotopic (exact) mass is 252 g/mol. The maximum absolute atomic E-state index is 12.1. The number of para-hydroxylation sites is 1. The van der Waals surface area contributed by atoms with Crippen LogP contribution in [0.5, 0.6) is 0 Å². The Bertz CT molecular complexity index is 731. The van der Waals surface area contributed by atoms with Crippen molar-refractivity contribution in [3.63, 3.8) is 0 Å². The van der Waals surface area contributed by atoms with Crippen LogP contribution in [-0.2, 0) is 0 Å². The number of aromatic nitrogens is 2. The summed E-state index contributed by atoms with van der Waals surface area (Å²) in [4.78, 5) is 12.1. The van der Waals surface area contributed by atoms with Crippen molar-refractivity contribution in [3.05, 3.63) is 54.2 Å². The van der Waals surface area contributed by atoms with Crippen LogP contribution in [0.2, 0.25) is 0 Å². The smallest absolute Gasteiger partial charge is 0.276 e. The minimum atomic E-state index is -0.248. The normalized spacial score (nSPS) is 10.5. The number of nitrogens with zero attached hydrogens (tertiary/aromatic N) is 1. The van der Waals surface area contributed by atoms with Gasteiger partial charge in [0.2, 0.25) is 0 Å². The Kier molecular flexibility index (Phi) is 2.64. The quantitative estimate of drug-likeness (QED) is 0.612. The molecule has 5 heteroatoms. The number of fused-ring (bicyclic) bond motifs is 1. The number of hydrogen-bond acceptors (Lipinski definition) is 3. The van der Waals surface area contributed by atoms with Crippen LogP contribution in [0.1, 0.15) is 10.5 Å². The molecule has 1 amide bonds. The first kappa shape index (κ1) is 11.3. The van der Waals surface area contributed by atoms with Gasteiger partial charge in [-0.25, -0.2) is 0 Å². The Morgan fingerprint density at radius 3 is 2.63 bits per heavy atom. The highest BCUT2D eigenvalue weighted by atomic mass is 16.1. The third-order valence-electron chi connectivity index (χ3n) is 2.85. The van der Waals surface area contributed by atoms with Gasteiger partial charge in [-0.1, -0.05) is 18.2 Å². The first-order valence-electron chi connectivity index (χ1n) is 5.84. The van der Waals surface area contributed by atoms with Crippen molar-refractivity contribution >= 4 is 28.2 Å². The third kappa shape index (κ3) is 2.13. The molecule has 19 heavy (non-hydrogen) atoms. The molecule has 0 saturated carbocycles. The van der Waals surface area contributed by atoms with Gasteiger partial charge in [0.05, 0.1) is 5.52 Å². The summed E-state index contributed by atoms with van der Waals surface area (Å²) in [5, 5.41) is 10.5. The molecule has 3 aromatic rings. The molecular weight excluding hydrogens is 240 g/mol. The average molecular weight is 252 g/mol. The fraction of sp³-hybridized carbons (Fsp3) is 0. The average Bonchev–Trinajstić information content (AvgIpc) is 2.85. The molecule has 2 aromatic carbocycles. The van der Waals surface area contributed by atoms with Gasteiger partial charge in [0.1, 0.15) is 0 Å². The summed E-state index contributed by atoms with van der Waals surface area (Å²) >= 11 is 0. The van der Waals surface area contributed by atoms with Crippen molar-refractivity contribution in [2.75, 3.05) is 11.1 Å². The maximum Gasteiger partial charge on any atom is 0.276 e. The van der Waals surface area contributed by atoms with Crippen molar-refractivity contribution in [2.45, 2.75) is 0 Å². The van der Waals surface area contributed by atoms with E-state index in [4.69, 9.17) is 5.73 Å². The molecule has 0 aliphatic rings. The summed E-state index contributed by atoms with van der Waals surface area (Å²) in [5.41, 5.74) is 8.16. The topological polar surface area (TPSA) is 83.8 Å². The van der Waals surface area contributed by atoms with Crippen LogP contribution in [0.25, 0.3) is 10.9 Å². The molecule has 0 saturated heterocycles. The third-order valence-corrected chi connectivity index (χ3v) is 2.85. The number of aromatic amines is 1. The zero-order chi connectivity index (χ0) is 13.2. The molecule has 0 radical (unpaired) electrons. The van der Waals surface area contributed by atoms with E-state index in [0.29, 0.717) is 17.1 Å². The molecule has 1 aromatic heterocycles. The van der Waals surface area contributed by atoms with E-state index < -0.39 is 0 Å². The van der Waals surface area contributed by atoms with E-state index in [1.807, 2.05) is 24.3 Å². The van der Waals surface area contributed by atoms with Crippen LogP contribution >= 0.6 is 0 Å². The van der Waals surface area contributed by atoms with E-state index in [2.05, 4.69) is 15.5 Å². The van der Waals surface area contributed by atoms with E-state index in [9.17, 15) is 4.79 Å². The minimum Gasteiger partial charge on any atom is -0.399 e. The molecule has 0 spiro atoms. The first-order chi connectivity index (χ1) is 9.24. The van der Waals surface area contributed by atoms with Gasteiger partial charge in [0.15, 0.2) is 5.69 Å². The van der Waals surface area contributed by atoms with Crippen LogP contribution in [0.3, 0.4) is 0 Å². The lowest BCUT2D eigenvalue weighted by molar-refractivity contribution is 0.102. The lowest BCUT2D eigenvalue weighted by Gasteiger charge is -2.03. The summed E-state index contributed by atoms with van der Waals surface area (Å²) in [6.45, 7) is 0. The van der Waals surface area contributed by atoms with Gasteiger partial charge in [-0.15, -0.1) is 0 Å². The maximum atomic E-state index is 12.1. The number of nitrogens with one attached hydrogen (secondary N) is 2. The van der Waals surface area contributed by atoms with Gasteiger partial charge in [0, 0.05) is 16.8 Å². The molecule has 0 unspecified atom stereocenters. The Labute approximate surface area is 109 Å². The van der Waals surface area contributed by atoms with Crippen LogP contribution in [0.4, 0.5) is 11.4 Å². The number of anilines is 2. The van der Waals surface area contributed by atoms with Crippen molar-refractivity contribution in [1.82, 2.24) is 10.2 Å². The van der Waals surface area contributed by atoms with Crippen molar-refractivity contribution in [2.24, 2.45) is 0 Å². The summed E-state index contributed by atoms with van der Waals surface area (Å²) in [7, 11) is 0. The molecule has 0 fully saturated rings. The SMILES string of the molecule is Nc1ccc(NC(=O)c2n[nH]c3ccccc23)cc1. The Balaban J connectivity index is 1.90. The number of hydrogen-bond donors (Lipinski definition) is 3. The zero-order valence-electron chi connectivity index (χ0n) is 10.1. The van der Waals surface area contributed by atoms with E-state index >= 15 is 0 Å². The first-order valence-corrected chi connectivity index (χ1v) is 5.84. The fourth-order valence-electron chi connectivity index (χ4n) is 1.89. The standard InChI is InChI=1S/C14H12N4O/c15-9-5-7-10(8-6-9)16-14(19)13-11-3-1-2-4-12(11)17-18-13/h1-8H,15H2,(H,16,19)(H,17,18). The number of carbonyl (C=O) groups is 1. The summed E-state index contributed by atoms with van der Waals surface area (Å²) in [6.07, 6.45) is 0. The van der Waals surface area contributed by atoms with Gasteiger partial charge in [-0.3, -0.25) is 9.89 Å². The van der Waals surface area contributed by atoms with Crippen molar-refractivity contribution < 1.29 is 4.79 Å². The molecule has 5 nitrogen and oxygen atoms in total. The van der Waals surface area contributed by atoms with E-state index in [0.717, 1.165) is 10.9 Å². The highest BCUT2D eigenvalue weighted by Crippen LogP contribution is 2.17. The molecule has 0 aliphatic carbocycles. The number of nitrogen functional groups attached to an aromatic ring is 1. The lowest BCUT2D eigenvalue weighted by atomic mass is 10.2. The van der Waals surface area contributed by atoms with Gasteiger partial charge >= 0.3 is 0 Å². The number of carbonyl (C=O) groups excluding carboxylic acids is 1. The van der Waals surface area contributed by atoms with Gasteiger partial charge < -0.3 is 11.1 Å². The Hall–Kier alpha value is -2.82. The minimum absolute atomic E-state index is 0.248. The molecule has 3 rings (SSSR count). The summed E-state index contributed by atoms with van der Waals surface area (Å²) in [5.74, 6) is -0.248. The van der Waals surface area contributed by atoms with E-state index in [1.54, 1.807) is 24.3 Å². The number of benzene rings is 2.